The first-order valence-electron chi connectivity index (χ1n) is 4.18. The molecule has 0 fully saturated rings. The van der Waals surface area contributed by atoms with Gasteiger partial charge in [0.2, 0.25) is 0 Å². The molecule has 11 heteroatoms. The fourth-order valence-corrected chi connectivity index (χ4v) is 0. The molecule has 0 bridgehead atoms. The molecule has 11 nitrogen and oxygen atoms in total. The molecular formula is C8H20N2O9. The van der Waals surface area contributed by atoms with E-state index in [-0.39, 0.29) is 0 Å². The van der Waals surface area contributed by atoms with Gasteiger partial charge in [-0.1, -0.05) is 0 Å². The molecule has 0 aromatic carbocycles. The van der Waals surface area contributed by atoms with E-state index in [1.54, 1.807) is 0 Å². The van der Waals surface area contributed by atoms with Crippen molar-refractivity contribution in [3.63, 3.8) is 0 Å². The Bertz CT molecular complexity index is 178. The average molecular weight is 288 g/mol. The van der Waals surface area contributed by atoms with Crippen molar-refractivity contribution in [2.45, 2.75) is 27.7 Å². The summed E-state index contributed by atoms with van der Waals surface area (Å²) in [7, 11) is 0. The van der Waals surface area contributed by atoms with E-state index in [4.69, 9.17) is 39.6 Å². The maximum absolute atomic E-state index is 9.00. The monoisotopic (exact) mass is 288 g/mol. The predicted molar refractivity (Wildman–Crippen MR) is 62.7 cm³/mol. The van der Waals surface area contributed by atoms with E-state index in [0.717, 1.165) is 27.7 Å². The summed E-state index contributed by atoms with van der Waals surface area (Å²) in [5.41, 5.74) is 0. The van der Waals surface area contributed by atoms with Crippen LogP contribution < -0.4 is 11.8 Å². The lowest BCUT2D eigenvalue weighted by Gasteiger charge is -1.62. The van der Waals surface area contributed by atoms with E-state index in [0.29, 0.717) is 0 Å². The highest BCUT2D eigenvalue weighted by molar-refractivity contribution is 5.63. The van der Waals surface area contributed by atoms with Crippen LogP contribution in [0, 0.1) is 0 Å². The number of hydrogen-bond donors (Lipinski definition) is 6. The first-order chi connectivity index (χ1) is 8.34. The summed E-state index contributed by atoms with van der Waals surface area (Å²) >= 11 is 0. The van der Waals surface area contributed by atoms with Gasteiger partial charge in [-0.2, -0.15) is 11.8 Å². The molecule has 0 aromatic heterocycles. The molecule has 0 aliphatic rings. The molecule has 116 valence electrons. The Morgan fingerprint density at radius 2 is 0.632 bits per heavy atom. The van der Waals surface area contributed by atoms with Crippen LogP contribution in [0.3, 0.4) is 0 Å². The van der Waals surface area contributed by atoms with Gasteiger partial charge < -0.3 is 20.4 Å². The molecule has 0 saturated carbocycles. The van der Waals surface area contributed by atoms with E-state index in [1.165, 1.54) is 0 Å². The van der Waals surface area contributed by atoms with Gasteiger partial charge in [-0.3, -0.25) is 19.2 Å². The van der Waals surface area contributed by atoms with Crippen molar-refractivity contribution >= 4 is 23.9 Å². The standard InChI is InChI=1S/4C2H4O2.H4N2O/c4*1-2(3)4;1-3-2/h4*1H3,(H,3,4);1-2H2. The van der Waals surface area contributed by atoms with Crippen LogP contribution in [0.15, 0.2) is 0 Å². The van der Waals surface area contributed by atoms with Gasteiger partial charge in [0.05, 0.1) is 0 Å². The van der Waals surface area contributed by atoms with Gasteiger partial charge >= 0.3 is 0 Å². The number of hydrogen-bond acceptors (Lipinski definition) is 7. The number of carboxylic acids is 4. The molecule has 0 saturated heterocycles. The fourth-order valence-electron chi connectivity index (χ4n) is 0. The zero-order valence-electron chi connectivity index (χ0n) is 11.0. The Morgan fingerprint density at radius 3 is 0.632 bits per heavy atom. The number of carboxylic acid groups (broad SMARTS) is 4. The number of nitrogens with two attached hydrogens (primary N) is 2. The van der Waals surface area contributed by atoms with Gasteiger partial charge in [-0.25, -0.2) is 4.94 Å². The van der Waals surface area contributed by atoms with Crippen molar-refractivity contribution < 1.29 is 44.5 Å². The third-order valence-corrected chi connectivity index (χ3v) is 0. The number of carbonyl (C=O) groups is 4. The van der Waals surface area contributed by atoms with Crippen molar-refractivity contribution in [3.05, 3.63) is 0 Å². The topological polar surface area (TPSA) is 210 Å². The maximum Gasteiger partial charge on any atom is 0.300 e. The average Bonchev–Trinajstić information content (AvgIpc) is 1.97. The molecule has 0 unspecified atom stereocenters. The lowest BCUT2D eigenvalue weighted by molar-refractivity contribution is -0.135. The minimum Gasteiger partial charge on any atom is -0.481 e. The molecule has 8 N–H and O–H groups in total. The normalized spacial score (nSPS) is 6.21. The number of aliphatic carboxylic acids is 4. The van der Waals surface area contributed by atoms with E-state index in [2.05, 4.69) is 16.7 Å². The highest BCUT2D eigenvalue weighted by Gasteiger charge is 1.66. The SMILES string of the molecule is CC(=O)O.CC(=O)O.CC(=O)O.CC(=O)O.NON. The molecule has 0 aliphatic heterocycles. The number of rotatable bonds is 0. The first-order valence-corrected chi connectivity index (χ1v) is 4.18. The zero-order valence-corrected chi connectivity index (χ0v) is 11.0. The van der Waals surface area contributed by atoms with E-state index in [9.17, 15) is 0 Å². The van der Waals surface area contributed by atoms with E-state index < -0.39 is 23.9 Å². The Hall–Kier alpha value is -2.24. The van der Waals surface area contributed by atoms with Crippen LogP contribution in [0.4, 0.5) is 0 Å². The molecule has 19 heavy (non-hydrogen) atoms. The summed E-state index contributed by atoms with van der Waals surface area (Å²) in [6.07, 6.45) is 0. The maximum atomic E-state index is 9.00. The van der Waals surface area contributed by atoms with Gasteiger partial charge in [0.15, 0.2) is 0 Å². The van der Waals surface area contributed by atoms with Crippen LogP contribution in [-0.4, -0.2) is 44.3 Å². The third kappa shape index (κ3) is 595. The van der Waals surface area contributed by atoms with Crippen LogP contribution in [0.1, 0.15) is 27.7 Å². The van der Waals surface area contributed by atoms with E-state index >= 15 is 0 Å². The molecule has 0 heterocycles. The van der Waals surface area contributed by atoms with E-state index in [1.807, 2.05) is 0 Å². The predicted octanol–water partition coefficient (Wildman–Crippen LogP) is -0.886. The first kappa shape index (κ1) is 30.1. The van der Waals surface area contributed by atoms with Crippen LogP contribution >= 0.6 is 0 Å². The van der Waals surface area contributed by atoms with Crippen molar-refractivity contribution in [1.29, 1.82) is 0 Å². The summed E-state index contributed by atoms with van der Waals surface area (Å²) in [6.45, 7) is 4.33. The molecule has 0 radical (unpaired) electrons. The summed E-state index contributed by atoms with van der Waals surface area (Å²) in [6, 6.07) is 0. The summed E-state index contributed by atoms with van der Waals surface area (Å²) in [5, 5.41) is 29.7. The Balaban J connectivity index is -0.0000000432. The van der Waals surface area contributed by atoms with Crippen molar-refractivity contribution in [1.82, 2.24) is 0 Å². The van der Waals surface area contributed by atoms with Gasteiger partial charge in [0.25, 0.3) is 23.9 Å². The molecule has 0 rings (SSSR count). The van der Waals surface area contributed by atoms with Crippen LogP contribution in [0.2, 0.25) is 0 Å². The Labute approximate surface area is 109 Å². The van der Waals surface area contributed by atoms with Crippen molar-refractivity contribution in [3.8, 4) is 0 Å². The lowest BCUT2D eigenvalue weighted by atomic mass is 10.9. The zero-order chi connectivity index (χ0) is 17.0. The summed E-state index contributed by atoms with van der Waals surface area (Å²) < 4.78 is 0. The highest BCUT2D eigenvalue weighted by atomic mass is 16.7. The van der Waals surface area contributed by atoms with Crippen LogP contribution in [0.5, 0.6) is 0 Å². The van der Waals surface area contributed by atoms with Gasteiger partial charge in [0, 0.05) is 27.7 Å². The molecule has 0 aliphatic carbocycles. The summed E-state index contributed by atoms with van der Waals surface area (Å²) in [5.74, 6) is 4.92. The molecule has 0 atom stereocenters. The smallest absolute Gasteiger partial charge is 0.300 e. The molecular weight excluding hydrogens is 268 g/mol. The second-order valence-electron chi connectivity index (χ2n) is 2.21. The largest absolute Gasteiger partial charge is 0.481 e. The minimum absolute atomic E-state index is 0.833. The Kier molecular flexibility index (Phi) is 47.0. The third-order valence-electron chi connectivity index (χ3n) is 0. The second-order valence-corrected chi connectivity index (χ2v) is 2.21. The quantitative estimate of drug-likeness (QED) is 0.301. The lowest BCUT2D eigenvalue weighted by Crippen LogP contribution is -2.03. The fraction of sp³-hybridized carbons (Fsp3) is 0.500. The molecule has 0 aromatic rings. The van der Waals surface area contributed by atoms with Gasteiger partial charge in [-0.15, -0.1) is 0 Å². The highest BCUT2D eigenvalue weighted by Crippen LogP contribution is 1.43. The van der Waals surface area contributed by atoms with Crippen LogP contribution in [-0.2, 0) is 24.1 Å². The van der Waals surface area contributed by atoms with Crippen LogP contribution in [0.25, 0.3) is 0 Å². The minimum atomic E-state index is -0.833. The Morgan fingerprint density at radius 1 is 0.632 bits per heavy atom. The van der Waals surface area contributed by atoms with Crippen molar-refractivity contribution in [2.24, 2.45) is 11.8 Å². The van der Waals surface area contributed by atoms with Gasteiger partial charge in [-0.05, 0) is 0 Å². The molecule has 0 spiro atoms. The molecule has 0 amide bonds. The summed E-state index contributed by atoms with van der Waals surface area (Å²) in [4.78, 5) is 39.2. The van der Waals surface area contributed by atoms with Crippen molar-refractivity contribution in [2.75, 3.05) is 0 Å². The van der Waals surface area contributed by atoms with Gasteiger partial charge in [0.1, 0.15) is 0 Å². The second kappa shape index (κ2) is 29.7.